The maximum Gasteiger partial charge on any atom is 0.271 e. The quantitative estimate of drug-likeness (QED) is 0.238. The molecule has 7 rings (SSSR count). The summed E-state index contributed by atoms with van der Waals surface area (Å²) >= 11 is 1.42. The minimum Gasteiger partial charge on any atom is -0.493 e. The Balaban J connectivity index is 1.31. The van der Waals surface area contributed by atoms with Gasteiger partial charge in [0.1, 0.15) is 12.4 Å². The second kappa shape index (κ2) is 11.4. The van der Waals surface area contributed by atoms with E-state index >= 15 is 0 Å². The van der Waals surface area contributed by atoms with Gasteiger partial charge in [0.25, 0.3) is 5.56 Å². The number of aryl methyl sites for hydroxylation is 1. The molecule has 1 aromatic heterocycles. The molecule has 6 nitrogen and oxygen atoms in total. The van der Waals surface area contributed by atoms with Gasteiger partial charge >= 0.3 is 0 Å². The standard InChI is InChI=1S/C36H30N2O4S/c1-40-30-19-15-26(21-31(30)41-2)34-29-18-14-25-10-6-7-11-28(25)33(29)37-36-38(34)35(39)32(43-36)20-23-12-16-27(17-13-23)42-22-24-8-4-3-5-9-24/h3-13,15-17,19-21,34H,14,18,22H2,1-2H3/b32-20-/t34-/m1/s1. The van der Waals surface area contributed by atoms with E-state index in [1.165, 1.54) is 16.9 Å². The number of allylic oxidation sites excluding steroid dienone is 1. The van der Waals surface area contributed by atoms with Crippen LogP contribution in [-0.4, -0.2) is 18.8 Å². The van der Waals surface area contributed by atoms with E-state index < -0.39 is 0 Å². The van der Waals surface area contributed by atoms with Gasteiger partial charge in [0.15, 0.2) is 16.3 Å². The monoisotopic (exact) mass is 586 g/mol. The molecule has 214 valence electrons. The Morgan fingerprint density at radius 3 is 2.44 bits per heavy atom. The Morgan fingerprint density at radius 1 is 0.884 bits per heavy atom. The van der Waals surface area contributed by atoms with Crippen LogP contribution in [0.3, 0.4) is 0 Å². The Bertz CT molecular complexity index is 2020. The van der Waals surface area contributed by atoms with Crippen molar-refractivity contribution in [3.8, 4) is 17.2 Å². The number of hydrogen-bond donors (Lipinski definition) is 0. The third-order valence-corrected chi connectivity index (χ3v) is 9.01. The molecule has 0 saturated carbocycles. The van der Waals surface area contributed by atoms with Crippen LogP contribution in [0.15, 0.2) is 112 Å². The molecule has 1 atom stereocenters. The topological polar surface area (TPSA) is 62.0 Å². The smallest absolute Gasteiger partial charge is 0.271 e. The molecule has 5 aromatic rings. The van der Waals surface area contributed by atoms with Crippen molar-refractivity contribution in [3.63, 3.8) is 0 Å². The highest BCUT2D eigenvalue weighted by Crippen LogP contribution is 2.42. The zero-order chi connectivity index (χ0) is 29.3. The summed E-state index contributed by atoms with van der Waals surface area (Å²) in [5.41, 5.74) is 7.48. The minimum absolute atomic E-state index is 0.0571. The van der Waals surface area contributed by atoms with Gasteiger partial charge in [-0.3, -0.25) is 9.36 Å². The molecule has 0 bridgehead atoms. The van der Waals surface area contributed by atoms with E-state index in [1.54, 1.807) is 14.2 Å². The van der Waals surface area contributed by atoms with E-state index in [-0.39, 0.29) is 11.6 Å². The molecule has 0 unspecified atom stereocenters. The van der Waals surface area contributed by atoms with Crippen molar-refractivity contribution < 1.29 is 14.2 Å². The Hall–Kier alpha value is -4.88. The van der Waals surface area contributed by atoms with Gasteiger partial charge in [0, 0.05) is 5.56 Å². The molecule has 0 spiro atoms. The number of nitrogens with zero attached hydrogens (tertiary/aromatic N) is 2. The molecule has 0 fully saturated rings. The molecule has 2 aliphatic rings. The second-order valence-electron chi connectivity index (χ2n) is 10.6. The number of fused-ring (bicyclic) bond motifs is 3. The van der Waals surface area contributed by atoms with Crippen LogP contribution in [0.1, 0.15) is 40.3 Å². The molecule has 0 radical (unpaired) electrons. The fourth-order valence-electron chi connectivity index (χ4n) is 5.90. The molecular weight excluding hydrogens is 556 g/mol. The van der Waals surface area contributed by atoms with Gasteiger partial charge in [0.2, 0.25) is 0 Å². The zero-order valence-electron chi connectivity index (χ0n) is 23.9. The molecule has 4 aromatic carbocycles. The Morgan fingerprint density at radius 2 is 1.65 bits per heavy atom. The molecule has 7 heteroatoms. The van der Waals surface area contributed by atoms with Crippen molar-refractivity contribution in [1.29, 1.82) is 0 Å². The lowest BCUT2D eigenvalue weighted by atomic mass is 9.83. The first kappa shape index (κ1) is 27.0. The van der Waals surface area contributed by atoms with Crippen LogP contribution in [0.4, 0.5) is 0 Å². The third-order valence-electron chi connectivity index (χ3n) is 8.02. The van der Waals surface area contributed by atoms with E-state index in [2.05, 4.69) is 24.3 Å². The summed E-state index contributed by atoms with van der Waals surface area (Å²) in [6.07, 6.45) is 3.66. The first-order valence-electron chi connectivity index (χ1n) is 14.2. The maximum atomic E-state index is 14.1. The van der Waals surface area contributed by atoms with Crippen molar-refractivity contribution in [3.05, 3.63) is 150 Å². The predicted octanol–water partition coefficient (Wildman–Crippen LogP) is 5.91. The van der Waals surface area contributed by atoms with Crippen molar-refractivity contribution in [1.82, 2.24) is 4.57 Å². The second-order valence-corrected chi connectivity index (χ2v) is 11.6. The van der Waals surface area contributed by atoms with Gasteiger partial charge in [-0.1, -0.05) is 84.1 Å². The molecule has 2 heterocycles. The highest BCUT2D eigenvalue weighted by atomic mass is 32.1. The number of benzene rings is 4. The predicted molar refractivity (Wildman–Crippen MR) is 170 cm³/mol. The van der Waals surface area contributed by atoms with Crippen LogP contribution in [0, 0.1) is 0 Å². The van der Waals surface area contributed by atoms with Gasteiger partial charge < -0.3 is 14.2 Å². The number of ether oxygens (including phenoxy) is 3. The average molecular weight is 587 g/mol. The molecule has 0 saturated heterocycles. The van der Waals surface area contributed by atoms with Crippen LogP contribution in [0.25, 0.3) is 11.8 Å². The van der Waals surface area contributed by atoms with Crippen molar-refractivity contribution in [2.75, 3.05) is 14.2 Å². The van der Waals surface area contributed by atoms with Crippen LogP contribution >= 0.6 is 11.3 Å². The maximum absolute atomic E-state index is 14.1. The fourth-order valence-corrected chi connectivity index (χ4v) is 6.90. The van der Waals surface area contributed by atoms with Gasteiger partial charge in [-0.05, 0) is 71.0 Å². The SMILES string of the molecule is COc1ccc([C@@H]2C3=C(N=c4s/c(=C\c5ccc(OCc6ccccc6)cc5)c(=O)n42)c2ccccc2CC3)cc1OC. The molecule has 0 N–H and O–H groups in total. The number of aromatic nitrogens is 1. The highest BCUT2D eigenvalue weighted by molar-refractivity contribution is 7.07. The molecule has 0 amide bonds. The normalized spacial score (nSPS) is 15.7. The van der Waals surface area contributed by atoms with E-state index in [0.29, 0.717) is 27.4 Å². The molecule has 1 aliphatic carbocycles. The van der Waals surface area contributed by atoms with Crippen LogP contribution in [0.5, 0.6) is 17.2 Å². The lowest BCUT2D eigenvalue weighted by Gasteiger charge is -2.31. The minimum atomic E-state index is -0.296. The number of methoxy groups -OCH3 is 2. The van der Waals surface area contributed by atoms with Crippen LogP contribution in [0.2, 0.25) is 0 Å². The largest absolute Gasteiger partial charge is 0.493 e. The number of rotatable bonds is 7. The van der Waals surface area contributed by atoms with Crippen molar-refractivity contribution in [2.45, 2.75) is 25.5 Å². The van der Waals surface area contributed by atoms with E-state index in [1.807, 2.05) is 83.4 Å². The Labute approximate surface area is 253 Å². The first-order chi connectivity index (χ1) is 21.1. The zero-order valence-corrected chi connectivity index (χ0v) is 24.8. The lowest BCUT2D eigenvalue weighted by molar-refractivity contribution is 0.306. The molecule has 43 heavy (non-hydrogen) atoms. The van der Waals surface area contributed by atoms with E-state index in [0.717, 1.165) is 52.1 Å². The van der Waals surface area contributed by atoms with Gasteiger partial charge in [-0.15, -0.1) is 0 Å². The average Bonchev–Trinajstić information content (AvgIpc) is 3.37. The summed E-state index contributed by atoms with van der Waals surface area (Å²) in [6, 6.07) is 32.0. The molecule has 1 aliphatic heterocycles. The Kier molecular flexibility index (Phi) is 7.17. The summed E-state index contributed by atoms with van der Waals surface area (Å²) in [6.45, 7) is 0.503. The summed E-state index contributed by atoms with van der Waals surface area (Å²) < 4.78 is 19.6. The summed E-state index contributed by atoms with van der Waals surface area (Å²) in [7, 11) is 3.26. The molecular formula is C36H30N2O4S. The first-order valence-corrected chi connectivity index (χ1v) is 15.1. The summed E-state index contributed by atoms with van der Waals surface area (Å²) in [4.78, 5) is 19.9. The van der Waals surface area contributed by atoms with Gasteiger partial charge in [-0.2, -0.15) is 0 Å². The van der Waals surface area contributed by atoms with Gasteiger partial charge in [-0.25, -0.2) is 4.99 Å². The highest BCUT2D eigenvalue weighted by Gasteiger charge is 2.33. The van der Waals surface area contributed by atoms with Crippen molar-refractivity contribution in [2.24, 2.45) is 4.99 Å². The summed E-state index contributed by atoms with van der Waals surface area (Å²) in [5, 5.41) is 0. The fraction of sp³-hybridized carbons (Fsp3) is 0.167. The van der Waals surface area contributed by atoms with Crippen LogP contribution in [-0.2, 0) is 13.0 Å². The van der Waals surface area contributed by atoms with E-state index in [4.69, 9.17) is 19.2 Å². The number of thiazole rings is 1. The number of hydrogen-bond acceptors (Lipinski definition) is 6. The lowest BCUT2D eigenvalue weighted by Crippen LogP contribution is -2.38. The van der Waals surface area contributed by atoms with Gasteiger partial charge in [0.05, 0.1) is 30.5 Å². The third kappa shape index (κ3) is 5.06. The van der Waals surface area contributed by atoms with Crippen molar-refractivity contribution >= 4 is 23.1 Å². The summed E-state index contributed by atoms with van der Waals surface area (Å²) in [5.74, 6) is 2.06. The van der Waals surface area contributed by atoms with Crippen LogP contribution < -0.4 is 29.1 Å². The van der Waals surface area contributed by atoms with E-state index in [9.17, 15) is 4.79 Å².